The van der Waals surface area contributed by atoms with Crippen LogP contribution in [-0.4, -0.2) is 22.3 Å². The fraction of sp³-hybridized carbons (Fsp3) is 0. The predicted molar refractivity (Wildman–Crippen MR) is 93.2 cm³/mol. The van der Waals surface area contributed by atoms with E-state index in [0.29, 0.717) is 11.4 Å². The summed E-state index contributed by atoms with van der Waals surface area (Å²) in [4.78, 5) is 12.0. The van der Waals surface area contributed by atoms with Crippen LogP contribution < -0.4 is 5.43 Å². The Morgan fingerprint density at radius 1 is 1.13 bits per heavy atom. The molecule has 0 saturated heterocycles. The summed E-state index contributed by atoms with van der Waals surface area (Å²) in [6, 6.07) is 19.0. The Kier molecular flexibility index (Phi) is 4.63. The monoisotopic (exact) mass is 368 g/mol. The van der Waals surface area contributed by atoms with Gasteiger partial charge < -0.3 is 0 Å². The normalized spacial score (nSPS) is 10.8. The number of nitrogens with zero attached hydrogens (tertiary/aromatic N) is 2. The number of hydrogen-bond acceptors (Lipinski definition) is 3. The van der Waals surface area contributed by atoms with E-state index >= 15 is 0 Å². The van der Waals surface area contributed by atoms with Crippen molar-refractivity contribution < 1.29 is 4.79 Å². The molecule has 5 nitrogen and oxygen atoms in total. The van der Waals surface area contributed by atoms with Gasteiger partial charge in [0.1, 0.15) is 5.69 Å². The number of benzene rings is 2. The van der Waals surface area contributed by atoms with E-state index in [0.717, 1.165) is 15.6 Å². The van der Waals surface area contributed by atoms with E-state index in [4.69, 9.17) is 0 Å². The average Bonchev–Trinajstić information content (AvgIpc) is 3.06. The number of nitrogens with one attached hydrogen (secondary N) is 2. The molecule has 3 aromatic rings. The largest absolute Gasteiger partial charge is 0.289 e. The number of aromatic amines is 1. The maximum absolute atomic E-state index is 12.0. The summed E-state index contributed by atoms with van der Waals surface area (Å²) in [5.41, 5.74) is 5.38. The molecule has 2 aromatic carbocycles. The minimum Gasteiger partial charge on any atom is -0.272 e. The third-order valence-corrected chi connectivity index (χ3v) is 3.61. The maximum atomic E-state index is 12.0. The summed E-state index contributed by atoms with van der Waals surface area (Å²) in [6.07, 6.45) is 1.58. The molecule has 0 fully saturated rings. The van der Waals surface area contributed by atoms with Crippen LogP contribution in [0.1, 0.15) is 16.1 Å². The summed E-state index contributed by atoms with van der Waals surface area (Å²) >= 11 is 3.38. The second-order valence-corrected chi connectivity index (χ2v) is 5.70. The third kappa shape index (κ3) is 3.92. The molecule has 0 bridgehead atoms. The molecule has 1 heterocycles. The molecule has 0 saturated carbocycles. The lowest BCUT2D eigenvalue weighted by molar-refractivity contribution is 0.0950. The van der Waals surface area contributed by atoms with Gasteiger partial charge in [-0.1, -0.05) is 58.4 Å². The van der Waals surface area contributed by atoms with Gasteiger partial charge in [0, 0.05) is 10.0 Å². The van der Waals surface area contributed by atoms with Crippen LogP contribution in [0.5, 0.6) is 0 Å². The number of rotatable bonds is 4. The second kappa shape index (κ2) is 7.02. The number of carbonyl (C=O) groups is 1. The molecule has 1 aromatic heterocycles. The SMILES string of the molecule is O=C(NN=Cc1cccc(Br)c1)c1cc(-c2ccccc2)n[nH]1. The van der Waals surface area contributed by atoms with E-state index in [-0.39, 0.29) is 5.91 Å². The third-order valence-electron chi connectivity index (χ3n) is 3.12. The Balaban J connectivity index is 1.66. The molecule has 0 radical (unpaired) electrons. The number of carbonyl (C=O) groups excluding carboxylic acids is 1. The maximum Gasteiger partial charge on any atom is 0.289 e. The highest BCUT2D eigenvalue weighted by Crippen LogP contribution is 2.16. The van der Waals surface area contributed by atoms with E-state index in [1.807, 2.05) is 54.6 Å². The minimum atomic E-state index is -0.342. The highest BCUT2D eigenvalue weighted by Gasteiger charge is 2.09. The zero-order valence-corrected chi connectivity index (χ0v) is 13.6. The summed E-state index contributed by atoms with van der Waals surface area (Å²) in [5, 5.41) is 10.8. The summed E-state index contributed by atoms with van der Waals surface area (Å²) in [6.45, 7) is 0. The van der Waals surface area contributed by atoms with Crippen LogP contribution >= 0.6 is 15.9 Å². The number of aromatic nitrogens is 2. The van der Waals surface area contributed by atoms with Crippen molar-refractivity contribution in [2.75, 3.05) is 0 Å². The lowest BCUT2D eigenvalue weighted by atomic mass is 10.1. The molecule has 114 valence electrons. The summed E-state index contributed by atoms with van der Waals surface area (Å²) in [7, 11) is 0. The smallest absolute Gasteiger partial charge is 0.272 e. The molecular formula is C17H13BrN4O. The molecule has 0 aliphatic rings. The molecular weight excluding hydrogens is 356 g/mol. The lowest BCUT2D eigenvalue weighted by Gasteiger charge is -1.96. The Hall–Kier alpha value is -2.73. The molecule has 2 N–H and O–H groups in total. The molecule has 23 heavy (non-hydrogen) atoms. The summed E-state index contributed by atoms with van der Waals surface area (Å²) < 4.78 is 0.953. The zero-order valence-electron chi connectivity index (χ0n) is 12.0. The fourth-order valence-corrected chi connectivity index (χ4v) is 2.42. The highest BCUT2D eigenvalue weighted by atomic mass is 79.9. The fourth-order valence-electron chi connectivity index (χ4n) is 2.01. The van der Waals surface area contributed by atoms with Crippen molar-refractivity contribution >= 4 is 28.1 Å². The first kappa shape index (κ1) is 15.2. The van der Waals surface area contributed by atoms with Crippen molar-refractivity contribution in [3.8, 4) is 11.3 Å². The van der Waals surface area contributed by atoms with Crippen LogP contribution in [0.4, 0.5) is 0 Å². The molecule has 0 aliphatic carbocycles. The van der Waals surface area contributed by atoms with Crippen LogP contribution in [0.15, 0.2) is 70.2 Å². The Labute approximate surface area is 141 Å². The van der Waals surface area contributed by atoms with Gasteiger partial charge in [-0.15, -0.1) is 0 Å². The minimum absolute atomic E-state index is 0.342. The second-order valence-electron chi connectivity index (χ2n) is 4.79. The van der Waals surface area contributed by atoms with Crippen LogP contribution in [-0.2, 0) is 0 Å². The first-order valence-corrected chi connectivity index (χ1v) is 7.71. The van der Waals surface area contributed by atoms with Crippen molar-refractivity contribution in [3.05, 3.63) is 76.4 Å². The van der Waals surface area contributed by atoms with Gasteiger partial charge in [0.05, 0.1) is 11.9 Å². The topological polar surface area (TPSA) is 70.1 Å². The first-order chi connectivity index (χ1) is 11.2. The van der Waals surface area contributed by atoms with Crippen LogP contribution in [0.2, 0.25) is 0 Å². The lowest BCUT2D eigenvalue weighted by Crippen LogP contribution is -2.17. The van der Waals surface area contributed by atoms with Gasteiger partial charge in [0.15, 0.2) is 0 Å². The van der Waals surface area contributed by atoms with Crippen molar-refractivity contribution in [2.45, 2.75) is 0 Å². The molecule has 0 unspecified atom stereocenters. The van der Waals surface area contributed by atoms with E-state index in [1.165, 1.54) is 0 Å². The predicted octanol–water partition coefficient (Wildman–Crippen LogP) is 3.60. The number of halogens is 1. The highest BCUT2D eigenvalue weighted by molar-refractivity contribution is 9.10. The van der Waals surface area contributed by atoms with Gasteiger partial charge in [0.25, 0.3) is 5.91 Å². The molecule has 1 amide bonds. The van der Waals surface area contributed by atoms with Crippen molar-refractivity contribution in [1.29, 1.82) is 0 Å². The molecule has 3 rings (SSSR count). The van der Waals surface area contributed by atoms with E-state index in [1.54, 1.807) is 12.3 Å². The van der Waals surface area contributed by atoms with Crippen molar-refractivity contribution in [3.63, 3.8) is 0 Å². The van der Waals surface area contributed by atoms with Crippen molar-refractivity contribution in [2.24, 2.45) is 5.10 Å². The molecule has 0 atom stereocenters. The van der Waals surface area contributed by atoms with E-state index in [9.17, 15) is 4.79 Å². The number of hydrogen-bond donors (Lipinski definition) is 2. The van der Waals surface area contributed by atoms with E-state index < -0.39 is 0 Å². The van der Waals surface area contributed by atoms with Gasteiger partial charge in [-0.25, -0.2) is 5.43 Å². The average molecular weight is 369 g/mol. The van der Waals surface area contributed by atoms with Gasteiger partial charge in [-0.3, -0.25) is 9.89 Å². The Morgan fingerprint density at radius 3 is 2.74 bits per heavy atom. The molecule has 0 aliphatic heterocycles. The number of hydrazone groups is 1. The van der Waals surface area contributed by atoms with Gasteiger partial charge >= 0.3 is 0 Å². The zero-order chi connectivity index (χ0) is 16.1. The van der Waals surface area contributed by atoms with Crippen LogP contribution in [0, 0.1) is 0 Å². The van der Waals surface area contributed by atoms with Crippen LogP contribution in [0.3, 0.4) is 0 Å². The Morgan fingerprint density at radius 2 is 1.96 bits per heavy atom. The van der Waals surface area contributed by atoms with E-state index in [2.05, 4.69) is 36.7 Å². The quantitative estimate of drug-likeness (QED) is 0.545. The van der Waals surface area contributed by atoms with Gasteiger partial charge in [-0.2, -0.15) is 10.2 Å². The summed E-state index contributed by atoms with van der Waals surface area (Å²) in [5.74, 6) is -0.342. The first-order valence-electron chi connectivity index (χ1n) is 6.92. The van der Waals surface area contributed by atoms with Crippen molar-refractivity contribution in [1.82, 2.24) is 15.6 Å². The molecule has 6 heteroatoms. The molecule has 0 spiro atoms. The number of H-pyrrole nitrogens is 1. The standard InChI is InChI=1S/C17H13BrN4O/c18-14-8-4-5-12(9-14)11-19-22-17(23)16-10-15(20-21-16)13-6-2-1-3-7-13/h1-11H,(H,20,21)(H,22,23). The van der Waals surface area contributed by atoms with Gasteiger partial charge in [0.2, 0.25) is 0 Å². The van der Waals surface area contributed by atoms with Gasteiger partial charge in [-0.05, 0) is 23.8 Å². The Bertz CT molecular complexity index is 843. The number of amides is 1. The van der Waals surface area contributed by atoms with Crippen LogP contribution in [0.25, 0.3) is 11.3 Å².